The second-order valence-corrected chi connectivity index (χ2v) is 4.65. The molecular formula is C13H18FNO2. The highest BCUT2D eigenvalue weighted by molar-refractivity contribution is 5.08. The molecule has 1 heterocycles. The Morgan fingerprint density at radius 1 is 1.29 bits per heavy atom. The molecule has 2 rings (SSSR count). The Morgan fingerprint density at radius 3 is 2.71 bits per heavy atom. The van der Waals surface area contributed by atoms with Crippen LogP contribution in [0.5, 0.6) is 0 Å². The molecule has 3 nitrogen and oxygen atoms in total. The van der Waals surface area contributed by atoms with Crippen LogP contribution in [0, 0.1) is 11.7 Å². The van der Waals surface area contributed by atoms with Gasteiger partial charge >= 0.3 is 0 Å². The van der Waals surface area contributed by atoms with Crippen LogP contribution in [0.4, 0.5) is 4.39 Å². The number of halogens is 1. The lowest BCUT2D eigenvalue weighted by Crippen LogP contribution is -2.23. The van der Waals surface area contributed by atoms with Gasteiger partial charge in [-0.1, -0.05) is 0 Å². The molecule has 0 unspecified atom stereocenters. The van der Waals surface area contributed by atoms with Gasteiger partial charge in [0.25, 0.3) is 0 Å². The van der Waals surface area contributed by atoms with E-state index >= 15 is 0 Å². The normalized spacial score (nSPS) is 24.8. The fraction of sp³-hybridized carbons (Fsp3) is 0.615. The van der Waals surface area contributed by atoms with E-state index in [0.717, 1.165) is 31.2 Å². The molecule has 0 bridgehead atoms. The third-order valence-corrected chi connectivity index (χ3v) is 3.30. The number of hydrogen-bond acceptors (Lipinski definition) is 3. The van der Waals surface area contributed by atoms with Crippen LogP contribution < -0.4 is 0 Å². The van der Waals surface area contributed by atoms with Gasteiger partial charge in [-0.25, -0.2) is 4.39 Å². The smallest absolute Gasteiger partial charge is 0.141 e. The molecule has 0 spiro atoms. The zero-order valence-corrected chi connectivity index (χ0v) is 9.81. The van der Waals surface area contributed by atoms with Crippen molar-refractivity contribution in [2.75, 3.05) is 6.61 Å². The van der Waals surface area contributed by atoms with Crippen LogP contribution in [0.1, 0.15) is 31.2 Å². The highest BCUT2D eigenvalue weighted by Crippen LogP contribution is 2.26. The van der Waals surface area contributed by atoms with E-state index in [1.807, 2.05) is 0 Å². The van der Waals surface area contributed by atoms with Gasteiger partial charge in [-0.3, -0.25) is 4.98 Å². The Hall–Kier alpha value is -1.00. The van der Waals surface area contributed by atoms with Crippen LogP contribution in [0.15, 0.2) is 18.5 Å². The van der Waals surface area contributed by atoms with E-state index in [1.165, 1.54) is 12.3 Å². The summed E-state index contributed by atoms with van der Waals surface area (Å²) >= 11 is 0. The van der Waals surface area contributed by atoms with Gasteiger partial charge in [0.05, 0.1) is 18.9 Å². The van der Waals surface area contributed by atoms with Crippen LogP contribution in [0.2, 0.25) is 0 Å². The monoisotopic (exact) mass is 239 g/mol. The fourth-order valence-electron chi connectivity index (χ4n) is 2.23. The van der Waals surface area contributed by atoms with E-state index in [9.17, 15) is 4.39 Å². The first kappa shape index (κ1) is 12.5. The van der Waals surface area contributed by atoms with E-state index < -0.39 is 0 Å². The number of rotatable bonds is 4. The van der Waals surface area contributed by atoms with Gasteiger partial charge in [0.15, 0.2) is 0 Å². The summed E-state index contributed by atoms with van der Waals surface area (Å²) in [5, 5.41) is 9.02. The summed E-state index contributed by atoms with van der Waals surface area (Å²) < 4.78 is 18.6. The molecule has 0 radical (unpaired) electrons. The third-order valence-electron chi connectivity index (χ3n) is 3.30. The van der Waals surface area contributed by atoms with Crippen molar-refractivity contribution < 1.29 is 14.2 Å². The largest absolute Gasteiger partial charge is 0.396 e. The molecule has 0 saturated heterocycles. The molecule has 1 aromatic heterocycles. The zero-order valence-electron chi connectivity index (χ0n) is 9.81. The summed E-state index contributed by atoms with van der Waals surface area (Å²) in [5.41, 5.74) is 0.772. The average molecular weight is 239 g/mol. The van der Waals surface area contributed by atoms with Crippen LogP contribution in [0.3, 0.4) is 0 Å². The second-order valence-electron chi connectivity index (χ2n) is 4.65. The Bertz CT molecular complexity index is 351. The molecule has 0 aliphatic heterocycles. The predicted octanol–water partition coefficient (Wildman–Crippen LogP) is 2.29. The minimum atomic E-state index is -0.324. The molecule has 1 aliphatic rings. The first-order chi connectivity index (χ1) is 8.28. The molecule has 0 aromatic carbocycles. The lowest BCUT2D eigenvalue weighted by Gasteiger charge is -2.27. The summed E-state index contributed by atoms with van der Waals surface area (Å²) in [7, 11) is 0. The van der Waals surface area contributed by atoms with E-state index in [-0.39, 0.29) is 18.5 Å². The molecule has 1 aromatic rings. The van der Waals surface area contributed by atoms with Crippen molar-refractivity contribution in [3.63, 3.8) is 0 Å². The molecule has 4 heteroatoms. The third kappa shape index (κ3) is 3.75. The van der Waals surface area contributed by atoms with Crippen molar-refractivity contribution in [1.29, 1.82) is 0 Å². The molecule has 1 fully saturated rings. The molecule has 0 atom stereocenters. The lowest BCUT2D eigenvalue weighted by atomic mass is 9.88. The van der Waals surface area contributed by atoms with Crippen LogP contribution >= 0.6 is 0 Å². The second kappa shape index (κ2) is 6.07. The van der Waals surface area contributed by atoms with Gasteiger partial charge in [-0.2, -0.15) is 0 Å². The first-order valence-corrected chi connectivity index (χ1v) is 6.10. The predicted molar refractivity (Wildman–Crippen MR) is 61.8 cm³/mol. The molecule has 1 N–H and O–H groups in total. The van der Waals surface area contributed by atoms with Crippen molar-refractivity contribution in [3.8, 4) is 0 Å². The number of pyridine rings is 1. The molecule has 94 valence electrons. The average Bonchev–Trinajstić information content (AvgIpc) is 2.37. The van der Waals surface area contributed by atoms with E-state index in [4.69, 9.17) is 9.84 Å². The highest BCUT2D eigenvalue weighted by atomic mass is 19.1. The molecule has 17 heavy (non-hydrogen) atoms. The maximum absolute atomic E-state index is 12.9. The van der Waals surface area contributed by atoms with Crippen molar-refractivity contribution >= 4 is 0 Å². The maximum Gasteiger partial charge on any atom is 0.141 e. The maximum atomic E-state index is 12.9. The molecular weight excluding hydrogens is 221 g/mol. The minimum Gasteiger partial charge on any atom is -0.396 e. The fourth-order valence-corrected chi connectivity index (χ4v) is 2.23. The van der Waals surface area contributed by atoms with E-state index in [1.54, 1.807) is 6.20 Å². The standard InChI is InChI=1S/C13H18FNO2/c14-12-5-11(6-15-7-12)9-17-13-3-1-10(8-16)2-4-13/h5-7,10,13,16H,1-4,8-9H2. The number of aliphatic hydroxyl groups is 1. The SMILES string of the molecule is OCC1CCC(OCc2cncc(F)c2)CC1. The summed E-state index contributed by atoms with van der Waals surface area (Å²) in [6, 6.07) is 1.45. The lowest BCUT2D eigenvalue weighted by molar-refractivity contribution is 0.00101. The summed E-state index contributed by atoms with van der Waals surface area (Å²) in [4.78, 5) is 3.79. The van der Waals surface area contributed by atoms with Gasteiger partial charge in [0.2, 0.25) is 0 Å². The number of ether oxygens (including phenoxy) is 1. The zero-order chi connectivity index (χ0) is 12.1. The Labute approximate surface area is 101 Å². The summed E-state index contributed by atoms with van der Waals surface area (Å²) in [6.45, 7) is 0.694. The van der Waals surface area contributed by atoms with Gasteiger partial charge in [-0.05, 0) is 43.2 Å². The van der Waals surface area contributed by atoms with Crippen molar-refractivity contribution in [2.24, 2.45) is 5.92 Å². The van der Waals surface area contributed by atoms with Gasteiger partial charge in [-0.15, -0.1) is 0 Å². The quantitative estimate of drug-likeness (QED) is 0.876. The van der Waals surface area contributed by atoms with Gasteiger partial charge in [0, 0.05) is 12.8 Å². The van der Waals surface area contributed by atoms with Crippen LogP contribution in [-0.4, -0.2) is 22.8 Å². The topological polar surface area (TPSA) is 42.4 Å². The van der Waals surface area contributed by atoms with Gasteiger partial charge in [0.1, 0.15) is 5.82 Å². The van der Waals surface area contributed by atoms with Gasteiger partial charge < -0.3 is 9.84 Å². The summed E-state index contributed by atoms with van der Waals surface area (Å²) in [5.74, 6) is 0.112. The van der Waals surface area contributed by atoms with Crippen molar-refractivity contribution in [2.45, 2.75) is 38.4 Å². The number of aromatic nitrogens is 1. The number of hydrogen-bond donors (Lipinski definition) is 1. The molecule has 1 saturated carbocycles. The van der Waals surface area contributed by atoms with Crippen LogP contribution in [0.25, 0.3) is 0 Å². The minimum absolute atomic E-state index is 0.237. The summed E-state index contributed by atoms with van der Waals surface area (Å²) in [6.07, 6.45) is 7.05. The van der Waals surface area contributed by atoms with Crippen molar-refractivity contribution in [3.05, 3.63) is 29.8 Å². The van der Waals surface area contributed by atoms with Crippen LogP contribution in [-0.2, 0) is 11.3 Å². The molecule has 0 amide bonds. The van der Waals surface area contributed by atoms with E-state index in [0.29, 0.717) is 12.5 Å². The Morgan fingerprint density at radius 2 is 2.06 bits per heavy atom. The number of aliphatic hydroxyl groups excluding tert-OH is 1. The first-order valence-electron chi connectivity index (χ1n) is 6.10. The highest BCUT2D eigenvalue weighted by Gasteiger charge is 2.20. The van der Waals surface area contributed by atoms with E-state index in [2.05, 4.69) is 4.98 Å². The van der Waals surface area contributed by atoms with Crippen molar-refractivity contribution in [1.82, 2.24) is 4.98 Å². The number of nitrogens with zero attached hydrogens (tertiary/aromatic N) is 1. The Balaban J connectivity index is 1.76. The molecule has 1 aliphatic carbocycles. The Kier molecular flexibility index (Phi) is 4.45.